The lowest BCUT2D eigenvalue weighted by molar-refractivity contribution is -0.123. The van der Waals surface area contributed by atoms with E-state index in [0.717, 1.165) is 0 Å². The summed E-state index contributed by atoms with van der Waals surface area (Å²) in [7, 11) is 3.26. The molecule has 0 aromatic heterocycles. The zero-order chi connectivity index (χ0) is 13.1. The van der Waals surface area contributed by atoms with Crippen LogP contribution in [0.25, 0.3) is 0 Å². The molecule has 0 saturated carbocycles. The Balaban J connectivity index is 2.00. The van der Waals surface area contributed by atoms with Crippen LogP contribution >= 0.6 is 0 Å². The number of anilines is 1. The summed E-state index contributed by atoms with van der Waals surface area (Å²) >= 11 is 0. The number of ether oxygens (including phenoxy) is 1. The first-order chi connectivity index (χ1) is 8.58. The van der Waals surface area contributed by atoms with E-state index in [1.807, 2.05) is 12.1 Å². The van der Waals surface area contributed by atoms with Crippen LogP contribution in [0.4, 0.5) is 10.5 Å². The molecule has 0 aliphatic carbocycles. The van der Waals surface area contributed by atoms with Crippen molar-refractivity contribution in [1.29, 1.82) is 0 Å². The van der Waals surface area contributed by atoms with Gasteiger partial charge in [0.25, 0.3) is 5.91 Å². The fraction of sp³-hybridized carbons (Fsp3) is 0.333. The van der Waals surface area contributed by atoms with Gasteiger partial charge in [0.05, 0.1) is 12.2 Å². The van der Waals surface area contributed by atoms with E-state index in [0.29, 0.717) is 11.4 Å². The molecule has 96 valence electrons. The van der Waals surface area contributed by atoms with Crippen molar-refractivity contribution in [2.75, 3.05) is 26.0 Å². The molecule has 0 radical (unpaired) electrons. The van der Waals surface area contributed by atoms with E-state index in [2.05, 4.69) is 10.6 Å². The van der Waals surface area contributed by atoms with E-state index in [1.165, 1.54) is 4.90 Å². The molecule has 2 N–H and O–H groups in total. The zero-order valence-electron chi connectivity index (χ0n) is 10.3. The highest BCUT2D eigenvalue weighted by Gasteiger charge is 2.27. The molecule has 1 atom stereocenters. The van der Waals surface area contributed by atoms with Crippen molar-refractivity contribution < 1.29 is 14.3 Å². The molecule has 3 amide bonds. The van der Waals surface area contributed by atoms with Crippen molar-refractivity contribution in [3.8, 4) is 5.75 Å². The summed E-state index contributed by atoms with van der Waals surface area (Å²) in [6.45, 7) is 0.136. The summed E-state index contributed by atoms with van der Waals surface area (Å²) in [5.74, 6) is 0.356. The normalized spacial score (nSPS) is 17.2. The summed E-state index contributed by atoms with van der Waals surface area (Å²) in [6, 6.07) is 6.92. The maximum absolute atomic E-state index is 11.7. The molecule has 1 heterocycles. The Labute approximate surface area is 105 Å². The Morgan fingerprint density at radius 2 is 2.17 bits per heavy atom. The van der Waals surface area contributed by atoms with Crippen LogP contribution < -0.4 is 15.4 Å². The molecule has 2 rings (SSSR count). The van der Waals surface area contributed by atoms with Crippen LogP contribution in [0.1, 0.15) is 0 Å². The molecular formula is C12H15N3O3. The number of amides is 3. The molecular weight excluding hydrogens is 234 g/mol. The second kappa shape index (κ2) is 4.95. The van der Waals surface area contributed by atoms with Crippen LogP contribution in [0.3, 0.4) is 0 Å². The fourth-order valence-corrected chi connectivity index (χ4v) is 1.57. The minimum Gasteiger partial charge on any atom is -0.477 e. The van der Waals surface area contributed by atoms with Gasteiger partial charge in [0, 0.05) is 14.1 Å². The predicted molar refractivity (Wildman–Crippen MR) is 66.6 cm³/mol. The van der Waals surface area contributed by atoms with Gasteiger partial charge in [-0.2, -0.15) is 0 Å². The van der Waals surface area contributed by atoms with Gasteiger partial charge < -0.3 is 20.3 Å². The van der Waals surface area contributed by atoms with Crippen LogP contribution in [0, 0.1) is 0 Å². The van der Waals surface area contributed by atoms with E-state index >= 15 is 0 Å². The first-order valence-corrected chi connectivity index (χ1v) is 5.59. The molecule has 1 aliphatic heterocycles. The minimum atomic E-state index is -0.705. The first-order valence-electron chi connectivity index (χ1n) is 5.59. The molecule has 1 aromatic rings. The minimum absolute atomic E-state index is 0.136. The molecule has 1 aromatic carbocycles. The number of hydrogen-bond donors (Lipinski definition) is 2. The van der Waals surface area contributed by atoms with Gasteiger partial charge in [0.1, 0.15) is 5.75 Å². The number of benzene rings is 1. The monoisotopic (exact) mass is 249 g/mol. The highest BCUT2D eigenvalue weighted by atomic mass is 16.5. The lowest BCUT2D eigenvalue weighted by Crippen LogP contribution is -2.47. The summed E-state index contributed by atoms with van der Waals surface area (Å²) in [4.78, 5) is 24.5. The lowest BCUT2D eigenvalue weighted by atomic mass is 10.2. The highest BCUT2D eigenvalue weighted by molar-refractivity contribution is 5.98. The van der Waals surface area contributed by atoms with Crippen LogP contribution in [-0.2, 0) is 4.79 Å². The van der Waals surface area contributed by atoms with E-state index in [9.17, 15) is 9.59 Å². The number of para-hydroxylation sites is 2. The fourth-order valence-electron chi connectivity index (χ4n) is 1.57. The molecule has 0 fully saturated rings. The van der Waals surface area contributed by atoms with Gasteiger partial charge in [-0.15, -0.1) is 0 Å². The second-order valence-corrected chi connectivity index (χ2v) is 4.17. The molecule has 6 heteroatoms. The van der Waals surface area contributed by atoms with Gasteiger partial charge in [-0.1, -0.05) is 12.1 Å². The number of urea groups is 1. The summed E-state index contributed by atoms with van der Waals surface area (Å²) in [5, 5.41) is 5.35. The topological polar surface area (TPSA) is 70.7 Å². The van der Waals surface area contributed by atoms with Crippen molar-refractivity contribution in [3.63, 3.8) is 0 Å². The van der Waals surface area contributed by atoms with E-state index in [1.54, 1.807) is 26.2 Å². The van der Waals surface area contributed by atoms with Crippen LogP contribution in [0.15, 0.2) is 24.3 Å². The quantitative estimate of drug-likeness (QED) is 0.808. The Kier molecular flexibility index (Phi) is 3.36. The number of nitrogens with one attached hydrogen (secondary N) is 2. The van der Waals surface area contributed by atoms with Crippen LogP contribution in [0.2, 0.25) is 0 Å². The molecule has 18 heavy (non-hydrogen) atoms. The third kappa shape index (κ3) is 2.53. The van der Waals surface area contributed by atoms with Crippen molar-refractivity contribution in [1.82, 2.24) is 10.2 Å². The standard InChI is InChI=1S/C12H15N3O3/c1-15(2)12(17)13-7-10-11(16)14-8-5-3-4-6-9(8)18-10/h3-6,10H,7H2,1-2H3,(H,13,17)(H,14,16). The van der Waals surface area contributed by atoms with E-state index in [4.69, 9.17) is 4.74 Å². The summed E-state index contributed by atoms with van der Waals surface area (Å²) in [6.07, 6.45) is -0.705. The van der Waals surface area contributed by atoms with Crippen LogP contribution in [-0.4, -0.2) is 43.6 Å². The van der Waals surface area contributed by atoms with Gasteiger partial charge >= 0.3 is 6.03 Å². The number of fused-ring (bicyclic) bond motifs is 1. The Morgan fingerprint density at radius 3 is 2.89 bits per heavy atom. The maximum atomic E-state index is 11.7. The molecule has 1 aliphatic rings. The maximum Gasteiger partial charge on any atom is 0.317 e. The first kappa shape index (κ1) is 12.2. The number of carbonyl (C=O) groups is 2. The number of rotatable bonds is 2. The third-order valence-electron chi connectivity index (χ3n) is 2.55. The van der Waals surface area contributed by atoms with Gasteiger partial charge in [-0.25, -0.2) is 4.79 Å². The largest absolute Gasteiger partial charge is 0.477 e. The summed E-state index contributed by atoms with van der Waals surface area (Å²) in [5.41, 5.74) is 0.651. The predicted octanol–water partition coefficient (Wildman–Crippen LogP) is 0.657. The Hall–Kier alpha value is -2.24. The Bertz CT molecular complexity index is 473. The number of hydrogen-bond acceptors (Lipinski definition) is 3. The lowest BCUT2D eigenvalue weighted by Gasteiger charge is -2.26. The van der Waals surface area contributed by atoms with Crippen molar-refractivity contribution in [3.05, 3.63) is 24.3 Å². The average Bonchev–Trinajstić information content (AvgIpc) is 2.35. The number of nitrogens with zero attached hydrogens (tertiary/aromatic N) is 1. The Morgan fingerprint density at radius 1 is 1.44 bits per heavy atom. The smallest absolute Gasteiger partial charge is 0.317 e. The third-order valence-corrected chi connectivity index (χ3v) is 2.55. The van der Waals surface area contributed by atoms with Gasteiger partial charge in [-0.05, 0) is 12.1 Å². The summed E-state index contributed by atoms with van der Waals surface area (Å²) < 4.78 is 5.53. The van der Waals surface area contributed by atoms with E-state index in [-0.39, 0.29) is 18.5 Å². The van der Waals surface area contributed by atoms with Gasteiger partial charge in [0.15, 0.2) is 6.10 Å². The number of carbonyl (C=O) groups excluding carboxylic acids is 2. The zero-order valence-corrected chi connectivity index (χ0v) is 10.3. The molecule has 1 unspecified atom stereocenters. The van der Waals surface area contributed by atoms with Crippen molar-refractivity contribution in [2.45, 2.75) is 6.10 Å². The highest BCUT2D eigenvalue weighted by Crippen LogP contribution is 2.28. The van der Waals surface area contributed by atoms with Gasteiger partial charge in [0.2, 0.25) is 0 Å². The second-order valence-electron chi connectivity index (χ2n) is 4.17. The van der Waals surface area contributed by atoms with E-state index < -0.39 is 6.10 Å². The molecule has 6 nitrogen and oxygen atoms in total. The molecule has 0 bridgehead atoms. The van der Waals surface area contributed by atoms with Crippen molar-refractivity contribution >= 4 is 17.6 Å². The van der Waals surface area contributed by atoms with Crippen molar-refractivity contribution in [2.24, 2.45) is 0 Å². The molecule has 0 saturated heterocycles. The molecule has 0 spiro atoms. The SMILES string of the molecule is CN(C)C(=O)NCC1Oc2ccccc2NC1=O. The average molecular weight is 249 g/mol. The van der Waals surface area contributed by atoms with Crippen LogP contribution in [0.5, 0.6) is 5.75 Å². The van der Waals surface area contributed by atoms with Gasteiger partial charge in [-0.3, -0.25) is 4.79 Å².